The van der Waals surface area contributed by atoms with Crippen LogP contribution in [0, 0.1) is 37.8 Å². The van der Waals surface area contributed by atoms with Gasteiger partial charge in [-0.25, -0.2) is 5.43 Å². The molecular weight excluding hydrogens is 368 g/mol. The summed E-state index contributed by atoms with van der Waals surface area (Å²) in [6.07, 6.45) is 1.60. The van der Waals surface area contributed by atoms with Crippen molar-refractivity contribution >= 4 is 17.8 Å². The number of nitrogens with zero attached hydrogens (tertiary/aromatic N) is 3. The van der Waals surface area contributed by atoms with Crippen molar-refractivity contribution in [3.63, 3.8) is 0 Å². The summed E-state index contributed by atoms with van der Waals surface area (Å²) >= 11 is 0. The first-order chi connectivity index (χ1) is 13.8. The molecule has 7 nitrogen and oxygen atoms in total. The van der Waals surface area contributed by atoms with Gasteiger partial charge in [0.25, 0.3) is 11.6 Å². The summed E-state index contributed by atoms with van der Waals surface area (Å²) in [4.78, 5) is 22.3. The minimum absolute atomic E-state index is 0.0659. The lowest BCUT2D eigenvalue weighted by Crippen LogP contribution is -2.17. The number of carbonyl (C=O) groups excluding carboxylic acids is 1. The van der Waals surface area contributed by atoms with Crippen molar-refractivity contribution in [3.8, 4) is 5.69 Å². The molecule has 0 aliphatic rings. The molecule has 7 heteroatoms. The minimum Gasteiger partial charge on any atom is -0.318 e. The van der Waals surface area contributed by atoms with Crippen LogP contribution in [0.2, 0.25) is 0 Å². The van der Waals surface area contributed by atoms with E-state index in [1.165, 1.54) is 35.4 Å². The zero-order valence-corrected chi connectivity index (χ0v) is 16.8. The summed E-state index contributed by atoms with van der Waals surface area (Å²) in [5.41, 5.74) is 9.21. The molecule has 148 valence electrons. The molecule has 3 rings (SSSR count). The Kier molecular flexibility index (Phi) is 5.59. The Hall–Kier alpha value is -3.74. The predicted molar refractivity (Wildman–Crippen MR) is 113 cm³/mol. The van der Waals surface area contributed by atoms with Crippen LogP contribution in [0.5, 0.6) is 0 Å². The molecule has 0 aliphatic carbocycles. The number of aromatic nitrogens is 1. The molecule has 3 aromatic rings. The van der Waals surface area contributed by atoms with Crippen LogP contribution in [0.25, 0.3) is 5.69 Å². The lowest BCUT2D eigenvalue weighted by atomic mass is 10.1. The first-order valence-electron chi connectivity index (χ1n) is 9.12. The van der Waals surface area contributed by atoms with E-state index in [4.69, 9.17) is 0 Å². The molecule has 0 bridgehead atoms. The van der Waals surface area contributed by atoms with Gasteiger partial charge in [0, 0.05) is 40.3 Å². The lowest BCUT2D eigenvalue weighted by Gasteiger charge is -2.11. The van der Waals surface area contributed by atoms with Crippen molar-refractivity contribution < 1.29 is 9.72 Å². The zero-order chi connectivity index (χ0) is 21.1. The van der Waals surface area contributed by atoms with E-state index in [2.05, 4.69) is 47.1 Å². The van der Waals surface area contributed by atoms with Crippen molar-refractivity contribution in [2.24, 2.45) is 5.10 Å². The number of benzene rings is 2. The highest BCUT2D eigenvalue weighted by Gasteiger charge is 2.11. The van der Waals surface area contributed by atoms with E-state index >= 15 is 0 Å². The van der Waals surface area contributed by atoms with Crippen molar-refractivity contribution in [3.05, 3.63) is 92.3 Å². The van der Waals surface area contributed by atoms with Gasteiger partial charge in [0.05, 0.1) is 11.1 Å². The third-order valence-electron chi connectivity index (χ3n) is 4.93. The van der Waals surface area contributed by atoms with E-state index in [-0.39, 0.29) is 5.69 Å². The Balaban J connectivity index is 1.76. The van der Waals surface area contributed by atoms with Crippen LogP contribution in [-0.4, -0.2) is 21.6 Å². The van der Waals surface area contributed by atoms with E-state index in [0.717, 1.165) is 22.6 Å². The van der Waals surface area contributed by atoms with E-state index < -0.39 is 10.8 Å². The molecule has 0 spiro atoms. The average Bonchev–Trinajstić information content (AvgIpc) is 2.97. The molecule has 0 saturated carbocycles. The molecule has 0 atom stereocenters. The molecule has 0 radical (unpaired) electrons. The molecule has 29 heavy (non-hydrogen) atoms. The fourth-order valence-electron chi connectivity index (χ4n) is 3.14. The number of nitrogens with one attached hydrogen (secondary N) is 1. The monoisotopic (exact) mass is 390 g/mol. The molecule has 0 aliphatic heterocycles. The van der Waals surface area contributed by atoms with Gasteiger partial charge in [-0.05, 0) is 69.2 Å². The number of hydrazone groups is 1. The van der Waals surface area contributed by atoms with Gasteiger partial charge in [-0.15, -0.1) is 0 Å². The molecule has 1 heterocycles. The second-order valence-electron chi connectivity index (χ2n) is 6.93. The number of hydrogen-bond donors (Lipinski definition) is 1. The van der Waals surface area contributed by atoms with Crippen LogP contribution in [0.15, 0.2) is 53.6 Å². The average molecular weight is 390 g/mol. The van der Waals surface area contributed by atoms with Crippen molar-refractivity contribution in [2.45, 2.75) is 27.7 Å². The minimum atomic E-state index is -0.509. The van der Waals surface area contributed by atoms with Gasteiger partial charge in [-0.1, -0.05) is 6.07 Å². The summed E-state index contributed by atoms with van der Waals surface area (Å²) in [7, 11) is 0. The summed E-state index contributed by atoms with van der Waals surface area (Å²) in [6.45, 7) is 8.19. The highest BCUT2D eigenvalue weighted by atomic mass is 16.6. The third-order valence-corrected chi connectivity index (χ3v) is 4.93. The van der Waals surface area contributed by atoms with Crippen LogP contribution in [-0.2, 0) is 0 Å². The Morgan fingerprint density at radius 3 is 2.34 bits per heavy atom. The highest BCUT2D eigenvalue weighted by Crippen LogP contribution is 2.22. The molecule has 1 aromatic heterocycles. The number of non-ortho nitro benzene ring substituents is 1. The van der Waals surface area contributed by atoms with Gasteiger partial charge >= 0.3 is 0 Å². The number of hydrogen-bond acceptors (Lipinski definition) is 4. The van der Waals surface area contributed by atoms with Crippen molar-refractivity contribution in [1.82, 2.24) is 9.99 Å². The van der Waals surface area contributed by atoms with Gasteiger partial charge in [0.2, 0.25) is 0 Å². The Labute approximate surface area is 168 Å². The predicted octanol–water partition coefficient (Wildman–Crippen LogP) is 4.38. The molecule has 0 fully saturated rings. The van der Waals surface area contributed by atoms with E-state index in [1.54, 1.807) is 6.21 Å². The van der Waals surface area contributed by atoms with Gasteiger partial charge in [0.1, 0.15) is 0 Å². The molecule has 1 amide bonds. The van der Waals surface area contributed by atoms with Gasteiger partial charge in [-0.2, -0.15) is 5.10 Å². The number of rotatable bonds is 5. The lowest BCUT2D eigenvalue weighted by molar-refractivity contribution is -0.384. The second-order valence-corrected chi connectivity index (χ2v) is 6.93. The molecule has 2 aromatic carbocycles. The van der Waals surface area contributed by atoms with E-state index in [1.807, 2.05) is 19.9 Å². The van der Waals surface area contributed by atoms with Crippen LogP contribution < -0.4 is 5.43 Å². The summed E-state index contributed by atoms with van der Waals surface area (Å²) in [5.74, 6) is -0.431. The fourth-order valence-corrected chi connectivity index (χ4v) is 3.14. The number of nitro benzene ring substituents is 1. The van der Waals surface area contributed by atoms with Crippen molar-refractivity contribution in [1.29, 1.82) is 0 Å². The van der Waals surface area contributed by atoms with Crippen LogP contribution in [0.1, 0.15) is 38.4 Å². The van der Waals surface area contributed by atoms with Crippen molar-refractivity contribution in [2.75, 3.05) is 0 Å². The normalized spacial score (nSPS) is 11.0. The smallest absolute Gasteiger partial charge is 0.271 e. The van der Waals surface area contributed by atoms with Gasteiger partial charge in [0.15, 0.2) is 0 Å². The highest BCUT2D eigenvalue weighted by molar-refractivity contribution is 5.95. The maximum atomic E-state index is 12.2. The number of nitro groups is 1. The largest absolute Gasteiger partial charge is 0.318 e. The molecule has 1 N–H and O–H groups in total. The summed E-state index contributed by atoms with van der Waals surface area (Å²) in [6, 6.07) is 13.7. The quantitative estimate of drug-likeness (QED) is 0.398. The van der Waals surface area contributed by atoms with Crippen LogP contribution in [0.4, 0.5) is 5.69 Å². The number of amides is 1. The first-order valence-corrected chi connectivity index (χ1v) is 9.12. The van der Waals surface area contributed by atoms with Crippen LogP contribution >= 0.6 is 0 Å². The summed E-state index contributed by atoms with van der Waals surface area (Å²) in [5, 5.41) is 14.7. The van der Waals surface area contributed by atoms with E-state index in [9.17, 15) is 14.9 Å². The van der Waals surface area contributed by atoms with Gasteiger partial charge < -0.3 is 4.57 Å². The maximum Gasteiger partial charge on any atom is 0.271 e. The number of aryl methyl sites for hydroxylation is 3. The Bertz CT molecular complexity index is 1110. The number of carbonyl (C=O) groups is 1. The van der Waals surface area contributed by atoms with Crippen LogP contribution in [0.3, 0.4) is 0 Å². The second kappa shape index (κ2) is 8.10. The Morgan fingerprint density at radius 1 is 1.03 bits per heavy atom. The zero-order valence-electron chi connectivity index (χ0n) is 16.8. The SMILES string of the molecule is Cc1ccc(-n2c(C)cc(/C=N\NC(=O)c3ccc([N+](=O)[O-])cc3)c2C)cc1C. The standard InChI is InChI=1S/C22H22N4O3/c1-14-5-8-21(11-15(14)2)25-16(3)12-19(17(25)4)13-23-24-22(27)18-6-9-20(10-7-18)26(28)29/h5-13H,1-4H3,(H,24,27)/b23-13-. The van der Waals surface area contributed by atoms with E-state index in [0.29, 0.717) is 5.56 Å². The molecular formula is C22H22N4O3. The topological polar surface area (TPSA) is 89.5 Å². The Morgan fingerprint density at radius 2 is 1.72 bits per heavy atom. The molecule has 0 unspecified atom stereocenters. The third kappa shape index (κ3) is 4.24. The molecule has 0 saturated heterocycles. The first kappa shape index (κ1) is 20.0. The fraction of sp³-hybridized carbons (Fsp3) is 0.182. The summed E-state index contributed by atoms with van der Waals surface area (Å²) < 4.78 is 2.14. The maximum absolute atomic E-state index is 12.2. The van der Waals surface area contributed by atoms with Gasteiger partial charge in [-0.3, -0.25) is 14.9 Å².